The number of esters is 3. The number of aliphatic hydroxyl groups excluding tert-OH is 10. The van der Waals surface area contributed by atoms with Crippen molar-refractivity contribution in [1.29, 1.82) is 0 Å². The van der Waals surface area contributed by atoms with Crippen LogP contribution in [0.5, 0.6) is 0 Å². The maximum absolute atomic E-state index is 14.4. The first-order valence-corrected chi connectivity index (χ1v) is 41.4. The molecule has 3 rings (SSSR count). The Hall–Kier alpha value is -2.30. The van der Waals surface area contributed by atoms with Crippen molar-refractivity contribution in [2.45, 2.75) is 421 Å². The summed E-state index contributed by atoms with van der Waals surface area (Å²) in [6.45, 7) is 5.78. The smallest absolute Gasteiger partial charge is 0.463 e. The van der Waals surface area contributed by atoms with Gasteiger partial charge in [0.1, 0.15) is 98.7 Å². The zero-order chi connectivity index (χ0) is 74.1. The van der Waals surface area contributed by atoms with Gasteiger partial charge < -0.3 is 89.1 Å². The van der Waals surface area contributed by atoms with Crippen LogP contribution in [0.1, 0.15) is 317 Å². The van der Waals surface area contributed by atoms with Crippen LogP contribution >= 0.6 is 7.82 Å². The lowest BCUT2D eigenvalue weighted by molar-refractivity contribution is -0.360. The van der Waals surface area contributed by atoms with E-state index in [9.17, 15) is 74.9 Å². The first kappa shape index (κ1) is 92.9. The van der Waals surface area contributed by atoms with Crippen LogP contribution in [0.25, 0.3) is 0 Å². The van der Waals surface area contributed by atoms with Gasteiger partial charge in [0.2, 0.25) is 0 Å². The Labute approximate surface area is 605 Å². The quantitative estimate of drug-likeness (QED) is 0.00886. The van der Waals surface area contributed by atoms with E-state index < -0.39 is 156 Å². The highest BCUT2D eigenvalue weighted by Crippen LogP contribution is 2.49. The molecule has 25 heteroatoms. The Morgan fingerprint density at radius 2 is 0.752 bits per heavy atom. The maximum Gasteiger partial charge on any atom is 0.472 e. The topological polar surface area (TPSA) is 374 Å². The average Bonchev–Trinajstić information content (AvgIpc) is 0.762. The number of ether oxygens (including phenoxy) is 7. The number of phosphoric acid groups is 1. The van der Waals surface area contributed by atoms with Crippen molar-refractivity contribution in [3.05, 3.63) is 12.2 Å². The zero-order valence-corrected chi connectivity index (χ0v) is 63.3. The lowest BCUT2D eigenvalue weighted by atomic mass is 9.84. The van der Waals surface area contributed by atoms with E-state index >= 15 is 0 Å². The first-order valence-electron chi connectivity index (χ1n) is 39.9. The summed E-state index contributed by atoms with van der Waals surface area (Å²) in [6, 6.07) is 0. The highest BCUT2D eigenvalue weighted by molar-refractivity contribution is 7.47. The summed E-state index contributed by atoms with van der Waals surface area (Å²) >= 11 is 0. The predicted octanol–water partition coefficient (Wildman–Crippen LogP) is 11.8. The lowest BCUT2D eigenvalue weighted by Crippen LogP contribution is -2.69. The van der Waals surface area contributed by atoms with Gasteiger partial charge in [-0.25, -0.2) is 4.57 Å². The monoisotopic (exact) mass is 1470 g/mol. The molecule has 19 unspecified atom stereocenters. The third-order valence-electron chi connectivity index (χ3n) is 19.9. The number of allylic oxidation sites excluding steroid dienone is 2. The molecule has 3 aliphatic rings. The number of unbranched alkanes of at least 4 members (excludes halogenated alkanes) is 35. The van der Waals surface area contributed by atoms with E-state index in [1.807, 2.05) is 0 Å². The van der Waals surface area contributed by atoms with Crippen LogP contribution in [0.4, 0.5) is 0 Å². The molecule has 1 saturated carbocycles. The number of phosphoric ester groups is 1. The molecule has 2 aliphatic heterocycles. The minimum atomic E-state index is -5.70. The van der Waals surface area contributed by atoms with Crippen molar-refractivity contribution in [1.82, 2.24) is 0 Å². The van der Waals surface area contributed by atoms with Gasteiger partial charge >= 0.3 is 25.7 Å². The number of hydrogen-bond acceptors (Lipinski definition) is 23. The van der Waals surface area contributed by atoms with Gasteiger partial charge in [-0.05, 0) is 50.9 Å². The van der Waals surface area contributed by atoms with Crippen molar-refractivity contribution >= 4 is 25.7 Å². The van der Waals surface area contributed by atoms with Gasteiger partial charge in [-0.15, -0.1) is 0 Å². The summed E-state index contributed by atoms with van der Waals surface area (Å²) in [5, 5.41) is 110. The molecule has 0 aromatic carbocycles. The highest BCUT2D eigenvalue weighted by atomic mass is 31.2. The summed E-state index contributed by atoms with van der Waals surface area (Å²) in [7, 11) is -5.70. The molecule has 1 aliphatic carbocycles. The Balaban J connectivity index is 1.72. The van der Waals surface area contributed by atoms with Crippen LogP contribution < -0.4 is 0 Å². The molecule has 2 heterocycles. The van der Waals surface area contributed by atoms with E-state index in [0.29, 0.717) is 25.2 Å². The fraction of sp³-hybridized carbons (Fsp3) is 0.934. The van der Waals surface area contributed by atoms with E-state index in [0.717, 1.165) is 109 Å². The maximum atomic E-state index is 14.4. The van der Waals surface area contributed by atoms with Crippen molar-refractivity contribution < 1.29 is 117 Å². The van der Waals surface area contributed by atoms with Crippen LogP contribution in [0.3, 0.4) is 0 Å². The molecule has 0 radical (unpaired) electrons. The molecule has 0 aromatic heterocycles. The SMILES string of the molecule is CCCCCC/C=C\CCCCCCCCCC(=O)OC(COC(=O)CCCCCCCCCCCCCCCCC)COP(=O)(O)OC1C(OC2OC(CO)C(O)C(O)C2O)C(O)C(O)C(O)C1OC1OC(COC(=O)CCCCCCCCC(C)CCCCCCCC)C(O)C(O)C1O. The Morgan fingerprint density at radius 3 is 1.18 bits per heavy atom. The molecule has 3 fully saturated rings. The largest absolute Gasteiger partial charge is 0.472 e. The van der Waals surface area contributed by atoms with E-state index in [4.69, 9.17) is 42.2 Å². The zero-order valence-electron chi connectivity index (χ0n) is 62.4. The molecular weight excluding hydrogens is 1330 g/mol. The Bertz CT molecular complexity index is 2150. The number of hydrogen-bond donors (Lipinski definition) is 11. The summed E-state index contributed by atoms with van der Waals surface area (Å²) in [5.41, 5.74) is 0. The van der Waals surface area contributed by atoms with Crippen LogP contribution in [-0.4, -0.2) is 204 Å². The second-order valence-electron chi connectivity index (χ2n) is 29.1. The van der Waals surface area contributed by atoms with E-state index in [-0.39, 0.29) is 19.3 Å². The average molecular weight is 1470 g/mol. The van der Waals surface area contributed by atoms with Gasteiger partial charge in [0.15, 0.2) is 18.7 Å². The van der Waals surface area contributed by atoms with Crippen LogP contribution in [-0.2, 0) is 61.2 Å². The number of carbonyl (C=O) groups excluding carboxylic acids is 3. The Kier molecular flexibility index (Phi) is 52.4. The molecule has 0 amide bonds. The molecule has 24 nitrogen and oxygen atoms in total. The van der Waals surface area contributed by atoms with Crippen LogP contribution in [0, 0.1) is 5.92 Å². The molecule has 2 saturated heterocycles. The highest BCUT2D eigenvalue weighted by Gasteiger charge is 2.58. The number of aliphatic hydroxyl groups is 10. The molecule has 19 atom stereocenters. The minimum absolute atomic E-state index is 0.0297. The molecular formula is C76H141O24P. The van der Waals surface area contributed by atoms with Crippen LogP contribution in [0.15, 0.2) is 12.2 Å². The van der Waals surface area contributed by atoms with E-state index in [2.05, 4.69) is 39.8 Å². The molecule has 0 aromatic rings. The third-order valence-corrected chi connectivity index (χ3v) is 20.9. The van der Waals surface area contributed by atoms with Crippen molar-refractivity contribution in [3.63, 3.8) is 0 Å². The summed E-state index contributed by atoms with van der Waals surface area (Å²) < 4.78 is 65.2. The lowest BCUT2D eigenvalue weighted by Gasteiger charge is -2.49. The molecule has 0 bridgehead atoms. The number of rotatable bonds is 62. The third kappa shape index (κ3) is 39.9. The van der Waals surface area contributed by atoms with Gasteiger partial charge in [0.25, 0.3) is 0 Å². The normalized spacial score (nSPS) is 27.5. The van der Waals surface area contributed by atoms with E-state index in [1.54, 1.807) is 0 Å². The van der Waals surface area contributed by atoms with Gasteiger partial charge in [0, 0.05) is 19.3 Å². The molecule has 594 valence electrons. The summed E-state index contributed by atoms with van der Waals surface area (Å²) in [6.07, 6.45) is 15.4. The van der Waals surface area contributed by atoms with Crippen molar-refractivity contribution in [3.8, 4) is 0 Å². The van der Waals surface area contributed by atoms with Gasteiger partial charge in [-0.3, -0.25) is 23.4 Å². The fourth-order valence-corrected chi connectivity index (χ4v) is 14.3. The summed E-state index contributed by atoms with van der Waals surface area (Å²) in [5.74, 6) is -1.29. The predicted molar refractivity (Wildman–Crippen MR) is 384 cm³/mol. The van der Waals surface area contributed by atoms with Crippen molar-refractivity contribution in [2.75, 3.05) is 26.4 Å². The second kappa shape index (κ2) is 56.9. The fourth-order valence-electron chi connectivity index (χ4n) is 13.4. The number of carbonyl (C=O) groups is 3. The Morgan fingerprint density at radius 1 is 0.406 bits per heavy atom. The molecule has 11 N–H and O–H groups in total. The molecule has 0 spiro atoms. The van der Waals surface area contributed by atoms with Crippen LogP contribution in [0.2, 0.25) is 0 Å². The van der Waals surface area contributed by atoms with Gasteiger partial charge in [-0.2, -0.15) is 0 Å². The first-order chi connectivity index (χ1) is 48.7. The second-order valence-corrected chi connectivity index (χ2v) is 30.5. The van der Waals surface area contributed by atoms with Gasteiger partial charge in [0.05, 0.1) is 13.2 Å². The minimum Gasteiger partial charge on any atom is -0.463 e. The van der Waals surface area contributed by atoms with Gasteiger partial charge in [-0.1, -0.05) is 265 Å². The standard InChI is InChI=1S/C76H141O24P/c1-5-8-11-14-17-19-21-23-25-27-29-31-33-39-44-49-60(78)92-53-57(95-62(80)51-46-41-34-32-30-28-26-24-22-20-18-15-12-9-6-2)54-94-101(90,91)100-74-72(98-75-70(88)65(83)63(81)58(52-77)96-75)68(86)67(85)69(87)73(74)99-76-71(89)66(84)64(82)59(97-76)55-93-61(79)50-45-40-36-35-38-43-48-56(4)47-42-37-16-13-10-7-3/h20,22,56-59,63-77,81-89H,5-19,21,23-55H2,1-4H3,(H,90,91)/b22-20-. The molecule has 101 heavy (non-hydrogen) atoms. The van der Waals surface area contributed by atoms with E-state index in [1.165, 1.54) is 141 Å². The van der Waals surface area contributed by atoms with Crippen molar-refractivity contribution in [2.24, 2.45) is 5.92 Å². The summed E-state index contributed by atoms with van der Waals surface area (Å²) in [4.78, 5) is 51.1.